The molecule has 0 saturated heterocycles. The van der Waals surface area contributed by atoms with Gasteiger partial charge in [-0.2, -0.15) is 0 Å². The molecule has 0 unspecified atom stereocenters. The number of halogens is 3. The van der Waals surface area contributed by atoms with Crippen LogP contribution >= 0.6 is 0 Å². The standard InChI is InChI=1S/C19H16F3NO3/c20-13-3-1-2-11(6-13)18(10-4-5-10)23-16(24)8-12-7-14(21)9-15(22)17(12)19(25)26/h1-3,6-7,9-10,18H,4-5,8H2,(H,23,24)(H,25,26)/t18-/m0/s1. The molecule has 7 heteroatoms. The van der Waals surface area contributed by atoms with Crippen LogP contribution in [0, 0.1) is 23.4 Å². The van der Waals surface area contributed by atoms with Gasteiger partial charge in [-0.05, 0) is 48.1 Å². The van der Waals surface area contributed by atoms with Gasteiger partial charge in [0, 0.05) is 6.07 Å². The molecule has 0 spiro atoms. The highest BCUT2D eigenvalue weighted by atomic mass is 19.1. The summed E-state index contributed by atoms with van der Waals surface area (Å²) in [5, 5.41) is 11.8. The molecule has 1 atom stereocenters. The van der Waals surface area contributed by atoms with E-state index in [1.54, 1.807) is 6.07 Å². The summed E-state index contributed by atoms with van der Waals surface area (Å²) >= 11 is 0. The number of hydrogen-bond donors (Lipinski definition) is 2. The normalized spacial score (nSPS) is 14.7. The van der Waals surface area contributed by atoms with E-state index in [9.17, 15) is 22.8 Å². The lowest BCUT2D eigenvalue weighted by Gasteiger charge is -2.19. The Morgan fingerprint density at radius 3 is 2.46 bits per heavy atom. The van der Waals surface area contributed by atoms with Gasteiger partial charge in [0.1, 0.15) is 17.5 Å². The first kappa shape index (κ1) is 18.0. The Balaban J connectivity index is 1.81. The number of carboxylic acids is 1. The molecule has 2 N–H and O–H groups in total. The minimum atomic E-state index is -1.57. The van der Waals surface area contributed by atoms with Gasteiger partial charge in [0.15, 0.2) is 0 Å². The summed E-state index contributed by atoms with van der Waals surface area (Å²) in [4.78, 5) is 23.6. The van der Waals surface area contributed by atoms with E-state index >= 15 is 0 Å². The minimum absolute atomic E-state index is 0.156. The maximum Gasteiger partial charge on any atom is 0.338 e. The number of benzene rings is 2. The fourth-order valence-electron chi connectivity index (χ4n) is 3.01. The highest BCUT2D eigenvalue weighted by Crippen LogP contribution is 2.41. The van der Waals surface area contributed by atoms with Crippen LogP contribution in [-0.4, -0.2) is 17.0 Å². The summed E-state index contributed by atoms with van der Waals surface area (Å²) in [6.07, 6.45) is 1.25. The molecule has 1 saturated carbocycles. The molecule has 0 bridgehead atoms. The fraction of sp³-hybridized carbons (Fsp3) is 0.263. The van der Waals surface area contributed by atoms with Crippen molar-refractivity contribution in [3.63, 3.8) is 0 Å². The predicted octanol–water partition coefficient (Wildman–Crippen LogP) is 3.61. The van der Waals surface area contributed by atoms with Gasteiger partial charge in [-0.25, -0.2) is 18.0 Å². The Morgan fingerprint density at radius 1 is 1.12 bits per heavy atom. The Bertz CT molecular complexity index is 865. The third-order valence-electron chi connectivity index (χ3n) is 4.32. The molecule has 1 fully saturated rings. The van der Waals surface area contributed by atoms with E-state index in [-0.39, 0.29) is 11.5 Å². The second kappa shape index (κ2) is 7.19. The molecule has 2 aromatic carbocycles. The van der Waals surface area contributed by atoms with Gasteiger partial charge >= 0.3 is 5.97 Å². The molecule has 4 nitrogen and oxygen atoms in total. The largest absolute Gasteiger partial charge is 0.478 e. The Hall–Kier alpha value is -2.83. The van der Waals surface area contributed by atoms with Crippen molar-refractivity contribution < 1.29 is 27.9 Å². The average Bonchev–Trinajstić information content (AvgIpc) is 3.36. The smallest absolute Gasteiger partial charge is 0.338 e. The molecule has 0 aliphatic heterocycles. The predicted molar refractivity (Wildman–Crippen MR) is 87.0 cm³/mol. The van der Waals surface area contributed by atoms with Crippen molar-refractivity contribution in [1.82, 2.24) is 5.32 Å². The van der Waals surface area contributed by atoms with Crippen LogP contribution in [0.5, 0.6) is 0 Å². The second-order valence-corrected chi connectivity index (χ2v) is 6.34. The number of nitrogens with one attached hydrogen (secondary N) is 1. The van der Waals surface area contributed by atoms with Crippen molar-refractivity contribution in [1.29, 1.82) is 0 Å². The molecular formula is C19H16F3NO3. The van der Waals surface area contributed by atoms with E-state index in [1.165, 1.54) is 18.2 Å². The zero-order chi connectivity index (χ0) is 18.8. The summed E-state index contributed by atoms with van der Waals surface area (Å²) in [6, 6.07) is 6.72. The van der Waals surface area contributed by atoms with Crippen LogP contribution in [0.2, 0.25) is 0 Å². The van der Waals surface area contributed by atoms with Crippen LogP contribution in [-0.2, 0) is 11.2 Å². The maximum absolute atomic E-state index is 13.7. The van der Waals surface area contributed by atoms with Crippen LogP contribution in [0.4, 0.5) is 13.2 Å². The molecule has 1 aliphatic carbocycles. The van der Waals surface area contributed by atoms with Gasteiger partial charge in [0.05, 0.1) is 18.0 Å². The van der Waals surface area contributed by atoms with Crippen LogP contribution in [0.1, 0.15) is 40.4 Å². The fourth-order valence-corrected chi connectivity index (χ4v) is 3.01. The van der Waals surface area contributed by atoms with Crippen molar-refractivity contribution in [2.45, 2.75) is 25.3 Å². The number of amides is 1. The lowest BCUT2D eigenvalue weighted by Crippen LogP contribution is -2.31. The van der Waals surface area contributed by atoms with Gasteiger partial charge in [-0.1, -0.05) is 12.1 Å². The van der Waals surface area contributed by atoms with Gasteiger partial charge < -0.3 is 10.4 Å². The van der Waals surface area contributed by atoms with Gasteiger partial charge in [0.25, 0.3) is 0 Å². The van der Waals surface area contributed by atoms with Gasteiger partial charge in [-0.15, -0.1) is 0 Å². The number of hydrogen-bond acceptors (Lipinski definition) is 2. The summed E-state index contributed by atoms with van der Waals surface area (Å²) in [6.45, 7) is 0. The summed E-state index contributed by atoms with van der Waals surface area (Å²) in [5.74, 6) is -4.62. The van der Waals surface area contributed by atoms with Crippen LogP contribution in [0.3, 0.4) is 0 Å². The molecule has 136 valence electrons. The molecule has 0 radical (unpaired) electrons. The number of aromatic carboxylic acids is 1. The first-order chi connectivity index (χ1) is 12.3. The Labute approximate surface area is 147 Å². The average molecular weight is 363 g/mol. The van der Waals surface area contributed by atoms with Crippen molar-refractivity contribution in [3.05, 3.63) is 70.5 Å². The van der Waals surface area contributed by atoms with E-state index < -0.39 is 47.4 Å². The zero-order valence-electron chi connectivity index (χ0n) is 13.6. The van der Waals surface area contributed by atoms with Gasteiger partial charge in [-0.3, -0.25) is 4.79 Å². The quantitative estimate of drug-likeness (QED) is 0.824. The Morgan fingerprint density at radius 2 is 1.85 bits per heavy atom. The third kappa shape index (κ3) is 4.04. The molecule has 3 rings (SSSR count). The monoisotopic (exact) mass is 363 g/mol. The number of carboxylic acid groups (broad SMARTS) is 1. The third-order valence-corrected chi connectivity index (χ3v) is 4.32. The molecular weight excluding hydrogens is 347 g/mol. The van der Waals surface area contributed by atoms with Crippen molar-refractivity contribution in [3.8, 4) is 0 Å². The van der Waals surface area contributed by atoms with E-state index in [0.29, 0.717) is 11.6 Å². The van der Waals surface area contributed by atoms with E-state index in [4.69, 9.17) is 5.11 Å². The van der Waals surface area contributed by atoms with Crippen LogP contribution < -0.4 is 5.32 Å². The number of rotatable bonds is 6. The first-order valence-corrected chi connectivity index (χ1v) is 8.11. The Kier molecular flexibility index (Phi) is 4.97. The molecule has 26 heavy (non-hydrogen) atoms. The molecule has 0 aromatic heterocycles. The number of carbonyl (C=O) groups is 2. The zero-order valence-corrected chi connectivity index (χ0v) is 13.6. The highest BCUT2D eigenvalue weighted by Gasteiger charge is 2.34. The summed E-state index contributed by atoms with van der Waals surface area (Å²) < 4.78 is 40.6. The lowest BCUT2D eigenvalue weighted by atomic mass is 10.00. The van der Waals surface area contributed by atoms with Gasteiger partial charge in [0.2, 0.25) is 5.91 Å². The number of carbonyl (C=O) groups excluding carboxylic acids is 1. The highest BCUT2D eigenvalue weighted by molar-refractivity contribution is 5.92. The summed E-state index contributed by atoms with van der Waals surface area (Å²) in [7, 11) is 0. The molecule has 1 aliphatic rings. The van der Waals surface area contributed by atoms with Crippen LogP contribution in [0.25, 0.3) is 0 Å². The summed E-state index contributed by atoms with van der Waals surface area (Å²) in [5.41, 5.74) is -0.374. The van der Waals surface area contributed by atoms with Crippen molar-refractivity contribution >= 4 is 11.9 Å². The minimum Gasteiger partial charge on any atom is -0.478 e. The molecule has 0 heterocycles. The molecule has 2 aromatic rings. The van der Waals surface area contributed by atoms with Crippen molar-refractivity contribution in [2.24, 2.45) is 5.92 Å². The second-order valence-electron chi connectivity index (χ2n) is 6.34. The topological polar surface area (TPSA) is 66.4 Å². The first-order valence-electron chi connectivity index (χ1n) is 8.11. The van der Waals surface area contributed by atoms with Crippen molar-refractivity contribution in [2.75, 3.05) is 0 Å². The van der Waals surface area contributed by atoms with Crippen LogP contribution in [0.15, 0.2) is 36.4 Å². The molecule has 1 amide bonds. The van der Waals surface area contributed by atoms with E-state index in [1.807, 2.05) is 0 Å². The lowest BCUT2D eigenvalue weighted by molar-refractivity contribution is -0.121. The van der Waals surface area contributed by atoms with E-state index in [0.717, 1.165) is 18.9 Å². The SMILES string of the molecule is O=C(Cc1cc(F)cc(F)c1C(=O)O)N[C@H](c1cccc(F)c1)C1CC1. The van der Waals surface area contributed by atoms with E-state index in [2.05, 4.69) is 5.32 Å². The maximum atomic E-state index is 13.7.